The lowest BCUT2D eigenvalue weighted by atomic mass is 10.3. The van der Waals surface area contributed by atoms with Crippen LogP contribution in [0, 0.1) is 3.57 Å². The second-order valence-electron chi connectivity index (χ2n) is 3.84. The van der Waals surface area contributed by atoms with Crippen molar-refractivity contribution >= 4 is 28.8 Å². The summed E-state index contributed by atoms with van der Waals surface area (Å²) in [6, 6.07) is 9.63. The maximum Gasteiger partial charge on any atom is 0.258 e. The second kappa shape index (κ2) is 7.15. The van der Waals surface area contributed by atoms with Gasteiger partial charge in [-0.05, 0) is 34.7 Å². The molecule has 0 spiro atoms. The highest BCUT2D eigenvalue weighted by Crippen LogP contribution is 1.97. The molecule has 0 aromatic carbocycles. The molecule has 0 amide bonds. The first-order valence-electron chi connectivity index (χ1n) is 5.68. The minimum atomic E-state index is 0.390. The van der Waals surface area contributed by atoms with Crippen LogP contribution in [0.15, 0.2) is 54.1 Å². The van der Waals surface area contributed by atoms with Crippen LogP contribution in [0.3, 0.4) is 0 Å². The van der Waals surface area contributed by atoms with Crippen molar-refractivity contribution in [1.29, 1.82) is 0 Å². The van der Waals surface area contributed by atoms with E-state index in [9.17, 15) is 0 Å². The molecule has 0 aliphatic rings. The van der Waals surface area contributed by atoms with Gasteiger partial charge in [-0.3, -0.25) is 4.74 Å². The van der Waals surface area contributed by atoms with Crippen molar-refractivity contribution < 1.29 is 19.1 Å². The lowest BCUT2D eigenvalue weighted by Crippen LogP contribution is -2.42. The molecule has 2 rings (SSSR count). The molecule has 0 saturated heterocycles. The van der Waals surface area contributed by atoms with E-state index in [2.05, 4.69) is 27.7 Å². The Balaban J connectivity index is 1.96. The van der Waals surface area contributed by atoms with Crippen LogP contribution in [0.25, 0.3) is 0 Å². The summed E-state index contributed by atoms with van der Waals surface area (Å²) in [6.45, 7) is 0.856. The van der Waals surface area contributed by atoms with Crippen LogP contribution < -0.4 is 9.13 Å². The zero-order chi connectivity index (χ0) is 13.5. The Morgan fingerprint density at radius 3 is 2.89 bits per heavy atom. The average molecular weight is 371 g/mol. The third-order valence-corrected chi connectivity index (χ3v) is 3.10. The van der Waals surface area contributed by atoms with Gasteiger partial charge in [0.15, 0.2) is 18.6 Å². The zero-order valence-electron chi connectivity index (χ0n) is 10.2. The third kappa shape index (κ3) is 4.25. The van der Waals surface area contributed by atoms with Crippen LogP contribution in [0.4, 0.5) is 0 Å². The predicted molar refractivity (Wildman–Crippen MR) is 76.5 cm³/mol. The van der Waals surface area contributed by atoms with Gasteiger partial charge in [-0.15, -0.1) is 0 Å². The summed E-state index contributed by atoms with van der Waals surface area (Å²) in [5.41, 5.74) is 0.776. The first kappa shape index (κ1) is 13.9. The van der Waals surface area contributed by atoms with Gasteiger partial charge in [0.1, 0.15) is 6.21 Å². The van der Waals surface area contributed by atoms with Crippen molar-refractivity contribution in [1.82, 2.24) is 0 Å². The summed E-state index contributed by atoms with van der Waals surface area (Å²) in [7, 11) is 0. The van der Waals surface area contributed by atoms with Crippen molar-refractivity contribution in [3.05, 3.63) is 58.2 Å². The third-order valence-electron chi connectivity index (χ3n) is 2.46. The summed E-state index contributed by atoms with van der Waals surface area (Å²) in [5, 5.41) is 11.6. The molecule has 19 heavy (non-hydrogen) atoms. The van der Waals surface area contributed by atoms with Gasteiger partial charge in [0.2, 0.25) is 5.69 Å². The standard InChI is InChI=1S/C13H13IN3O2/c14-12-4-3-6-16(9-12)10-19-11-17-7-2-1-5-13(17)8-15-18/h1-9H,10-11H2/q+1/p+1. The number of nitrogens with zero attached hydrogens (tertiary/aromatic N) is 3. The quantitative estimate of drug-likeness (QED) is 0.283. The first-order chi connectivity index (χ1) is 9.29. The van der Waals surface area contributed by atoms with E-state index >= 15 is 0 Å². The number of oxime groups is 1. The molecule has 98 valence electrons. The Morgan fingerprint density at radius 1 is 1.21 bits per heavy atom. The molecule has 0 aliphatic carbocycles. The number of aromatic nitrogens is 2. The zero-order valence-corrected chi connectivity index (χ0v) is 12.3. The van der Waals surface area contributed by atoms with E-state index in [1.54, 1.807) is 0 Å². The molecule has 0 unspecified atom stereocenters. The van der Waals surface area contributed by atoms with E-state index in [0.29, 0.717) is 13.5 Å². The summed E-state index contributed by atoms with van der Waals surface area (Å²) in [4.78, 5) is 0. The highest BCUT2D eigenvalue weighted by Gasteiger charge is 2.09. The summed E-state index contributed by atoms with van der Waals surface area (Å²) in [6.07, 6.45) is 7.21. The first-order valence-corrected chi connectivity index (χ1v) is 6.76. The van der Waals surface area contributed by atoms with Gasteiger partial charge >= 0.3 is 0 Å². The van der Waals surface area contributed by atoms with E-state index < -0.39 is 0 Å². The highest BCUT2D eigenvalue weighted by molar-refractivity contribution is 14.1. The molecule has 0 atom stereocenters. The average Bonchev–Trinajstić information content (AvgIpc) is 2.41. The lowest BCUT2D eigenvalue weighted by Gasteiger charge is -2.00. The molecule has 0 fully saturated rings. The molecular formula is C13H14IN3O2+2. The molecule has 0 saturated carbocycles. The van der Waals surface area contributed by atoms with Crippen molar-refractivity contribution in [2.24, 2.45) is 5.16 Å². The van der Waals surface area contributed by atoms with Crippen LogP contribution in [-0.2, 0) is 18.2 Å². The van der Waals surface area contributed by atoms with E-state index in [1.807, 2.05) is 58.1 Å². The summed E-state index contributed by atoms with van der Waals surface area (Å²) < 4.78 is 10.6. The van der Waals surface area contributed by atoms with Crippen molar-refractivity contribution in [2.45, 2.75) is 13.5 Å². The van der Waals surface area contributed by atoms with Crippen LogP contribution in [0.5, 0.6) is 0 Å². The summed E-state index contributed by atoms with van der Waals surface area (Å²) >= 11 is 2.26. The SMILES string of the molecule is O/N=C\c1cccc[n+]1COC[n+]1cccc(I)c1. The van der Waals surface area contributed by atoms with E-state index in [1.165, 1.54) is 6.21 Å². The number of halogens is 1. The molecule has 0 aliphatic heterocycles. The molecule has 2 heterocycles. The second-order valence-corrected chi connectivity index (χ2v) is 5.08. The van der Waals surface area contributed by atoms with Gasteiger partial charge in [0.05, 0.1) is 3.57 Å². The number of ether oxygens (including phenoxy) is 1. The van der Waals surface area contributed by atoms with Crippen LogP contribution in [0.2, 0.25) is 0 Å². The fourth-order valence-corrected chi connectivity index (χ4v) is 2.16. The number of hydrogen-bond acceptors (Lipinski definition) is 3. The topological polar surface area (TPSA) is 49.6 Å². The maximum atomic E-state index is 8.59. The fraction of sp³-hybridized carbons (Fsp3) is 0.154. The Hall–Kier alpha value is -1.54. The van der Waals surface area contributed by atoms with E-state index in [0.717, 1.165) is 9.26 Å². The van der Waals surface area contributed by atoms with Gasteiger partial charge in [-0.25, -0.2) is 0 Å². The van der Waals surface area contributed by atoms with Gasteiger partial charge in [0, 0.05) is 18.2 Å². The molecular weight excluding hydrogens is 357 g/mol. The van der Waals surface area contributed by atoms with Crippen LogP contribution in [0.1, 0.15) is 5.69 Å². The smallest absolute Gasteiger partial charge is 0.258 e. The van der Waals surface area contributed by atoms with Crippen molar-refractivity contribution in [3.8, 4) is 0 Å². The number of hydrogen-bond donors (Lipinski definition) is 1. The molecule has 1 N–H and O–H groups in total. The molecule has 2 aromatic heterocycles. The van der Waals surface area contributed by atoms with Crippen molar-refractivity contribution in [2.75, 3.05) is 0 Å². The largest absolute Gasteiger partial charge is 0.411 e. The van der Waals surface area contributed by atoms with Crippen LogP contribution in [-0.4, -0.2) is 11.4 Å². The molecule has 5 nitrogen and oxygen atoms in total. The predicted octanol–water partition coefficient (Wildman–Crippen LogP) is 1.31. The maximum absolute atomic E-state index is 8.59. The van der Waals surface area contributed by atoms with E-state index in [-0.39, 0.29) is 0 Å². The lowest BCUT2D eigenvalue weighted by molar-refractivity contribution is -0.789. The number of rotatable bonds is 5. The Labute approximate surface area is 124 Å². The fourth-order valence-electron chi connectivity index (χ4n) is 1.60. The minimum Gasteiger partial charge on any atom is -0.411 e. The monoisotopic (exact) mass is 371 g/mol. The minimum absolute atomic E-state index is 0.390. The molecule has 2 aromatic rings. The van der Waals surface area contributed by atoms with E-state index in [4.69, 9.17) is 9.94 Å². The molecule has 0 bridgehead atoms. The molecule has 0 radical (unpaired) electrons. The van der Waals surface area contributed by atoms with Gasteiger partial charge in [-0.2, -0.15) is 9.13 Å². The Bertz CT molecular complexity index is 575. The van der Waals surface area contributed by atoms with Crippen molar-refractivity contribution in [3.63, 3.8) is 0 Å². The molecule has 6 heteroatoms. The van der Waals surface area contributed by atoms with Gasteiger partial charge < -0.3 is 5.21 Å². The highest BCUT2D eigenvalue weighted by atomic mass is 127. The van der Waals surface area contributed by atoms with Gasteiger partial charge in [-0.1, -0.05) is 5.16 Å². The Kier molecular flexibility index (Phi) is 5.22. The normalized spacial score (nSPS) is 11.0. The van der Waals surface area contributed by atoms with Gasteiger partial charge in [0.25, 0.3) is 13.5 Å². The van der Waals surface area contributed by atoms with Crippen LogP contribution >= 0.6 is 22.6 Å². The number of pyridine rings is 2. The summed E-state index contributed by atoms with van der Waals surface area (Å²) in [5.74, 6) is 0. The Morgan fingerprint density at radius 2 is 2.11 bits per heavy atom.